The van der Waals surface area contributed by atoms with Crippen LogP contribution >= 0.6 is 15.9 Å². The van der Waals surface area contributed by atoms with Crippen LogP contribution in [0, 0.1) is 0 Å². The van der Waals surface area contributed by atoms with Crippen LogP contribution in [-0.4, -0.2) is 34.6 Å². The highest BCUT2D eigenvalue weighted by atomic mass is 79.9. The molecule has 1 atom stereocenters. The summed E-state index contributed by atoms with van der Waals surface area (Å²) in [5.74, 6) is 0.252. The molecule has 114 valence electrons. The normalized spacial score (nSPS) is 28.0. The number of hydrogen-bond donors (Lipinski definition) is 1. The standard InChI is InChI=1S/C17H22BrNO2/c1-16(21)7-2-11-19(12-10-16)15(20)17(8-9-17)13-3-5-14(18)6-4-13/h3-6,21H,2,7-12H2,1H3. The van der Waals surface area contributed by atoms with Gasteiger partial charge >= 0.3 is 0 Å². The van der Waals surface area contributed by atoms with E-state index in [2.05, 4.69) is 28.1 Å². The number of likely N-dealkylation sites (tertiary alicyclic amines) is 1. The lowest BCUT2D eigenvalue weighted by Gasteiger charge is -2.27. The van der Waals surface area contributed by atoms with E-state index in [9.17, 15) is 9.90 Å². The first-order valence-corrected chi connectivity index (χ1v) is 8.50. The van der Waals surface area contributed by atoms with E-state index in [0.29, 0.717) is 13.0 Å². The van der Waals surface area contributed by atoms with Crippen LogP contribution in [0.4, 0.5) is 0 Å². The first kappa shape index (κ1) is 15.0. The highest BCUT2D eigenvalue weighted by Gasteiger charge is 2.53. The minimum Gasteiger partial charge on any atom is -0.390 e. The molecule has 0 aromatic heterocycles. The van der Waals surface area contributed by atoms with Crippen LogP contribution in [0.25, 0.3) is 0 Å². The molecule has 3 nitrogen and oxygen atoms in total. The molecular weight excluding hydrogens is 330 g/mol. The fourth-order valence-electron chi connectivity index (χ4n) is 3.29. The summed E-state index contributed by atoms with van der Waals surface area (Å²) in [4.78, 5) is 14.9. The summed E-state index contributed by atoms with van der Waals surface area (Å²) < 4.78 is 1.04. The zero-order valence-electron chi connectivity index (χ0n) is 12.4. The van der Waals surface area contributed by atoms with Gasteiger partial charge in [0.25, 0.3) is 0 Å². The van der Waals surface area contributed by atoms with E-state index in [1.165, 1.54) is 0 Å². The Hall–Kier alpha value is -0.870. The molecule has 1 unspecified atom stereocenters. The van der Waals surface area contributed by atoms with E-state index < -0.39 is 5.60 Å². The Balaban J connectivity index is 1.77. The molecule has 1 aliphatic carbocycles. The first-order chi connectivity index (χ1) is 9.93. The second kappa shape index (κ2) is 5.40. The molecule has 1 saturated carbocycles. The maximum Gasteiger partial charge on any atom is 0.233 e. The van der Waals surface area contributed by atoms with Gasteiger partial charge in [0.2, 0.25) is 5.91 Å². The number of carbonyl (C=O) groups is 1. The summed E-state index contributed by atoms with van der Waals surface area (Å²) in [7, 11) is 0. The van der Waals surface area contributed by atoms with E-state index in [1.807, 2.05) is 24.0 Å². The monoisotopic (exact) mass is 351 g/mol. The van der Waals surface area contributed by atoms with Gasteiger partial charge in [0.15, 0.2) is 0 Å². The molecular formula is C17H22BrNO2. The Morgan fingerprint density at radius 1 is 1.14 bits per heavy atom. The molecule has 1 saturated heterocycles. The molecule has 1 amide bonds. The Labute approximate surface area is 134 Å². The van der Waals surface area contributed by atoms with Crippen LogP contribution in [0.3, 0.4) is 0 Å². The summed E-state index contributed by atoms with van der Waals surface area (Å²) in [5.41, 5.74) is 0.215. The van der Waals surface area contributed by atoms with Crippen molar-refractivity contribution in [3.63, 3.8) is 0 Å². The Kier molecular flexibility index (Phi) is 3.87. The fourth-order valence-corrected chi connectivity index (χ4v) is 3.55. The summed E-state index contributed by atoms with van der Waals surface area (Å²) in [6.45, 7) is 3.32. The Morgan fingerprint density at radius 2 is 1.81 bits per heavy atom. The maximum atomic E-state index is 13.0. The predicted molar refractivity (Wildman–Crippen MR) is 86.1 cm³/mol. The van der Waals surface area contributed by atoms with Crippen molar-refractivity contribution in [3.8, 4) is 0 Å². The molecule has 0 bridgehead atoms. The fraction of sp³-hybridized carbons (Fsp3) is 0.588. The molecule has 1 aromatic carbocycles. The van der Waals surface area contributed by atoms with Gasteiger partial charge in [-0.3, -0.25) is 4.79 Å². The lowest BCUT2D eigenvalue weighted by atomic mass is 9.94. The highest BCUT2D eigenvalue weighted by molar-refractivity contribution is 9.10. The van der Waals surface area contributed by atoms with E-state index in [4.69, 9.17) is 0 Å². The number of nitrogens with zero attached hydrogens (tertiary/aromatic N) is 1. The van der Waals surface area contributed by atoms with Gasteiger partial charge in [-0.2, -0.15) is 0 Å². The number of rotatable bonds is 2. The number of aliphatic hydroxyl groups is 1. The van der Waals surface area contributed by atoms with Crippen molar-refractivity contribution in [2.45, 2.75) is 50.0 Å². The third-order valence-electron chi connectivity index (χ3n) is 4.91. The van der Waals surface area contributed by atoms with E-state index in [0.717, 1.165) is 42.3 Å². The summed E-state index contributed by atoms with van der Waals surface area (Å²) >= 11 is 3.45. The van der Waals surface area contributed by atoms with Crippen molar-refractivity contribution in [2.24, 2.45) is 0 Å². The van der Waals surface area contributed by atoms with E-state index in [1.54, 1.807) is 0 Å². The quantitative estimate of drug-likeness (QED) is 0.888. The minimum absolute atomic E-state index is 0.252. The zero-order chi connectivity index (χ0) is 15.1. The third kappa shape index (κ3) is 3.02. The average Bonchev–Trinajstić information content (AvgIpc) is 3.24. The third-order valence-corrected chi connectivity index (χ3v) is 5.44. The van der Waals surface area contributed by atoms with Gasteiger partial charge in [0, 0.05) is 17.6 Å². The molecule has 1 aromatic rings. The number of hydrogen-bond acceptors (Lipinski definition) is 2. The zero-order valence-corrected chi connectivity index (χ0v) is 14.0. The van der Waals surface area contributed by atoms with Crippen molar-refractivity contribution in [1.29, 1.82) is 0 Å². The van der Waals surface area contributed by atoms with Gasteiger partial charge in [-0.25, -0.2) is 0 Å². The Bertz CT molecular complexity index is 534. The van der Waals surface area contributed by atoms with Crippen LogP contribution in [-0.2, 0) is 10.2 Å². The lowest BCUT2D eigenvalue weighted by molar-refractivity contribution is -0.134. The number of amides is 1. The summed E-state index contributed by atoms with van der Waals surface area (Å²) in [6.07, 6.45) is 4.23. The topological polar surface area (TPSA) is 40.5 Å². The molecule has 0 spiro atoms. The second-order valence-electron chi connectivity index (χ2n) is 6.73. The van der Waals surface area contributed by atoms with Crippen LogP contribution in [0.5, 0.6) is 0 Å². The molecule has 2 fully saturated rings. The van der Waals surface area contributed by atoms with Crippen molar-refractivity contribution in [1.82, 2.24) is 4.90 Å². The average molecular weight is 352 g/mol. The van der Waals surface area contributed by atoms with E-state index in [-0.39, 0.29) is 11.3 Å². The predicted octanol–water partition coefficient (Wildman–Crippen LogP) is 3.24. The molecule has 0 radical (unpaired) electrons. The SMILES string of the molecule is CC1(O)CCCN(C(=O)C2(c3ccc(Br)cc3)CC2)CC1. The highest BCUT2D eigenvalue weighted by Crippen LogP contribution is 2.50. The number of benzene rings is 1. The molecule has 21 heavy (non-hydrogen) atoms. The Morgan fingerprint density at radius 3 is 2.43 bits per heavy atom. The first-order valence-electron chi connectivity index (χ1n) is 7.71. The van der Waals surface area contributed by atoms with Crippen LogP contribution in [0.15, 0.2) is 28.7 Å². The van der Waals surface area contributed by atoms with Gasteiger partial charge in [0.05, 0.1) is 11.0 Å². The van der Waals surface area contributed by atoms with Crippen LogP contribution in [0.2, 0.25) is 0 Å². The summed E-state index contributed by atoms with van der Waals surface area (Å²) in [6, 6.07) is 8.14. The van der Waals surface area contributed by atoms with Gasteiger partial charge in [-0.15, -0.1) is 0 Å². The van der Waals surface area contributed by atoms with Crippen molar-refractivity contribution in [3.05, 3.63) is 34.3 Å². The molecule has 1 N–H and O–H groups in total. The molecule has 3 rings (SSSR count). The van der Waals surface area contributed by atoms with E-state index >= 15 is 0 Å². The smallest absolute Gasteiger partial charge is 0.233 e. The number of halogens is 1. The second-order valence-corrected chi connectivity index (χ2v) is 7.65. The van der Waals surface area contributed by atoms with Gasteiger partial charge in [-0.1, -0.05) is 28.1 Å². The maximum absolute atomic E-state index is 13.0. The number of carbonyl (C=O) groups excluding carboxylic acids is 1. The van der Waals surface area contributed by atoms with Gasteiger partial charge < -0.3 is 10.0 Å². The molecule has 2 aliphatic rings. The largest absolute Gasteiger partial charge is 0.390 e. The van der Waals surface area contributed by atoms with Crippen LogP contribution < -0.4 is 0 Å². The minimum atomic E-state index is -0.622. The molecule has 1 heterocycles. The summed E-state index contributed by atoms with van der Waals surface area (Å²) in [5, 5.41) is 10.2. The van der Waals surface area contributed by atoms with Gasteiger partial charge in [-0.05, 0) is 56.7 Å². The van der Waals surface area contributed by atoms with Crippen molar-refractivity contribution in [2.75, 3.05) is 13.1 Å². The van der Waals surface area contributed by atoms with Crippen molar-refractivity contribution < 1.29 is 9.90 Å². The van der Waals surface area contributed by atoms with Gasteiger partial charge in [0.1, 0.15) is 0 Å². The molecule has 4 heteroatoms. The van der Waals surface area contributed by atoms with Crippen molar-refractivity contribution >= 4 is 21.8 Å². The molecule has 1 aliphatic heterocycles. The lowest BCUT2D eigenvalue weighted by Crippen LogP contribution is -2.40. The van der Waals surface area contributed by atoms with Crippen LogP contribution in [0.1, 0.15) is 44.6 Å².